The van der Waals surface area contributed by atoms with Crippen LogP contribution in [0, 0.1) is 5.82 Å². The van der Waals surface area contributed by atoms with Crippen LogP contribution >= 0.6 is 0 Å². The smallest absolute Gasteiger partial charge is 0.181 e. The number of aromatic nitrogens is 6. The predicted molar refractivity (Wildman–Crippen MR) is 188 cm³/mol. The second kappa shape index (κ2) is 12.9. The van der Waals surface area contributed by atoms with Crippen molar-refractivity contribution < 1.29 is 4.39 Å². The lowest BCUT2D eigenvalue weighted by atomic mass is 10.1. The molecule has 0 fully saturated rings. The second-order valence-corrected chi connectivity index (χ2v) is 11.8. The molecule has 5 aromatic heterocycles. The van der Waals surface area contributed by atoms with Crippen LogP contribution in [-0.2, 0) is 6.42 Å². The van der Waals surface area contributed by atoms with Gasteiger partial charge in [-0.1, -0.05) is 36.9 Å². The number of H-pyrrole nitrogens is 2. The summed E-state index contributed by atoms with van der Waals surface area (Å²) in [5, 5.41) is 16.1. The van der Waals surface area contributed by atoms with Gasteiger partial charge >= 0.3 is 0 Å². The van der Waals surface area contributed by atoms with Crippen molar-refractivity contribution in [1.82, 2.24) is 35.0 Å². The van der Waals surface area contributed by atoms with E-state index in [1.54, 1.807) is 18.6 Å². The molecule has 0 saturated carbocycles. The molecule has 0 aliphatic rings. The van der Waals surface area contributed by atoms with E-state index in [2.05, 4.69) is 70.4 Å². The third kappa shape index (κ3) is 6.58. The van der Waals surface area contributed by atoms with Crippen molar-refractivity contribution >= 4 is 33.3 Å². The highest BCUT2D eigenvalue weighted by Gasteiger charge is 2.16. The van der Waals surface area contributed by atoms with Crippen LogP contribution in [0.15, 0.2) is 110 Å². The molecule has 0 saturated heterocycles. The van der Waals surface area contributed by atoms with Crippen LogP contribution in [0.1, 0.15) is 5.56 Å². The molecule has 2 aromatic carbocycles. The quantitative estimate of drug-likeness (QED) is 0.118. The van der Waals surface area contributed by atoms with Gasteiger partial charge in [0, 0.05) is 82.5 Å². The number of anilines is 2. The fraction of sp³-hybridized carbons (Fsp3) is 0.135. The second-order valence-electron chi connectivity index (χ2n) is 11.8. The molecule has 0 spiro atoms. The largest absolute Gasteiger partial charge is 0.384 e. The number of rotatable bonds is 11. The molecular formula is C37H34FN9. The van der Waals surface area contributed by atoms with E-state index >= 15 is 0 Å². The molecule has 4 N–H and O–H groups in total. The van der Waals surface area contributed by atoms with Gasteiger partial charge in [0.15, 0.2) is 5.65 Å². The van der Waals surface area contributed by atoms with Crippen molar-refractivity contribution in [2.75, 3.05) is 37.8 Å². The monoisotopic (exact) mass is 623 g/mol. The van der Waals surface area contributed by atoms with Gasteiger partial charge in [0.25, 0.3) is 0 Å². The Hall–Kier alpha value is -5.87. The molecule has 0 radical (unpaired) electrons. The molecule has 0 bridgehead atoms. The number of benzene rings is 2. The molecule has 47 heavy (non-hydrogen) atoms. The SMILES string of the molecule is C=C(Cc1ccccc1)Nc1cncc(-c2cnc3n[nH]c(-c4cc5c(-c6cc(F)cc(NCCN(C)C)c6)nccc5[nH]4)c3c2)c1. The first-order chi connectivity index (χ1) is 22.9. The molecule has 9 nitrogen and oxygen atoms in total. The summed E-state index contributed by atoms with van der Waals surface area (Å²) in [5.74, 6) is -0.322. The molecule has 234 valence electrons. The third-order valence-corrected chi connectivity index (χ3v) is 7.94. The number of aromatic amines is 2. The minimum Gasteiger partial charge on any atom is -0.384 e. The van der Waals surface area contributed by atoms with Crippen molar-refractivity contribution in [2.24, 2.45) is 0 Å². The van der Waals surface area contributed by atoms with E-state index in [0.717, 1.165) is 56.7 Å². The zero-order valence-electron chi connectivity index (χ0n) is 26.2. The minimum atomic E-state index is -0.322. The van der Waals surface area contributed by atoms with E-state index in [9.17, 15) is 4.39 Å². The molecule has 10 heteroatoms. The Kier molecular flexibility index (Phi) is 8.16. The lowest BCUT2D eigenvalue weighted by Crippen LogP contribution is -2.20. The zero-order chi connectivity index (χ0) is 32.3. The summed E-state index contributed by atoms with van der Waals surface area (Å²) >= 11 is 0. The number of likely N-dealkylation sites (N-methyl/N-ethyl adjacent to an activating group) is 1. The highest BCUT2D eigenvalue weighted by atomic mass is 19.1. The summed E-state index contributed by atoms with van der Waals surface area (Å²) in [4.78, 5) is 19.3. The third-order valence-electron chi connectivity index (χ3n) is 7.94. The fourth-order valence-electron chi connectivity index (χ4n) is 5.69. The average molecular weight is 624 g/mol. The number of pyridine rings is 3. The van der Waals surface area contributed by atoms with E-state index < -0.39 is 0 Å². The van der Waals surface area contributed by atoms with Crippen LogP contribution in [0.2, 0.25) is 0 Å². The number of halogens is 1. The number of hydrogen-bond donors (Lipinski definition) is 4. The van der Waals surface area contributed by atoms with E-state index in [4.69, 9.17) is 0 Å². The Labute approximate surface area is 271 Å². The first kappa shape index (κ1) is 29.8. The summed E-state index contributed by atoms with van der Waals surface area (Å²) in [6, 6.07) is 23.2. The molecule has 0 atom stereocenters. The minimum absolute atomic E-state index is 0.322. The van der Waals surface area contributed by atoms with Gasteiger partial charge in [0.1, 0.15) is 5.82 Å². The molecular weight excluding hydrogens is 589 g/mol. The molecule has 7 aromatic rings. The van der Waals surface area contributed by atoms with Crippen LogP contribution in [-0.4, -0.2) is 62.2 Å². The summed E-state index contributed by atoms with van der Waals surface area (Å²) in [6.45, 7) is 5.73. The summed E-state index contributed by atoms with van der Waals surface area (Å²) in [6.07, 6.45) is 7.85. The van der Waals surface area contributed by atoms with Gasteiger partial charge in [-0.05, 0) is 62.1 Å². The highest BCUT2D eigenvalue weighted by Crippen LogP contribution is 2.35. The first-order valence-corrected chi connectivity index (χ1v) is 15.4. The topological polar surface area (TPSA) is 110 Å². The van der Waals surface area contributed by atoms with E-state index in [1.807, 2.05) is 62.8 Å². The molecule has 0 amide bonds. The van der Waals surface area contributed by atoms with Crippen LogP contribution in [0.3, 0.4) is 0 Å². The summed E-state index contributed by atoms with van der Waals surface area (Å²) in [5.41, 5.74) is 9.90. The Bertz CT molecular complexity index is 2200. The van der Waals surface area contributed by atoms with Gasteiger partial charge in [-0.2, -0.15) is 5.10 Å². The van der Waals surface area contributed by atoms with E-state index in [-0.39, 0.29) is 5.82 Å². The van der Waals surface area contributed by atoms with Gasteiger partial charge in [-0.3, -0.25) is 15.1 Å². The maximum atomic E-state index is 14.7. The van der Waals surface area contributed by atoms with E-state index in [1.165, 1.54) is 17.7 Å². The van der Waals surface area contributed by atoms with Crippen LogP contribution < -0.4 is 10.6 Å². The molecule has 0 unspecified atom stereocenters. The fourth-order valence-corrected chi connectivity index (χ4v) is 5.69. The van der Waals surface area contributed by atoms with E-state index in [0.29, 0.717) is 35.6 Å². The molecule has 7 rings (SSSR count). The Morgan fingerprint density at radius 2 is 1.70 bits per heavy atom. The maximum Gasteiger partial charge on any atom is 0.181 e. The number of nitrogens with one attached hydrogen (secondary N) is 4. The summed E-state index contributed by atoms with van der Waals surface area (Å²) < 4.78 is 14.7. The Balaban J connectivity index is 1.18. The van der Waals surface area contributed by atoms with Crippen molar-refractivity contribution in [3.63, 3.8) is 0 Å². The van der Waals surface area contributed by atoms with Gasteiger partial charge < -0.3 is 20.5 Å². The normalized spacial score (nSPS) is 11.4. The maximum absolute atomic E-state index is 14.7. The van der Waals surface area contributed by atoms with Crippen molar-refractivity contribution in [3.8, 4) is 33.8 Å². The van der Waals surface area contributed by atoms with Gasteiger partial charge in [-0.25, -0.2) is 9.37 Å². The van der Waals surface area contributed by atoms with Gasteiger partial charge in [0.05, 0.1) is 29.0 Å². The summed E-state index contributed by atoms with van der Waals surface area (Å²) in [7, 11) is 4.01. The number of allylic oxidation sites excluding steroid dienone is 1. The van der Waals surface area contributed by atoms with Crippen LogP contribution in [0.4, 0.5) is 15.8 Å². The van der Waals surface area contributed by atoms with Crippen LogP contribution in [0.5, 0.6) is 0 Å². The predicted octanol–water partition coefficient (Wildman–Crippen LogP) is 7.51. The number of fused-ring (bicyclic) bond motifs is 2. The Morgan fingerprint density at radius 1 is 0.872 bits per heavy atom. The van der Waals surface area contributed by atoms with Crippen molar-refractivity contribution in [1.29, 1.82) is 0 Å². The van der Waals surface area contributed by atoms with Crippen molar-refractivity contribution in [3.05, 3.63) is 121 Å². The van der Waals surface area contributed by atoms with Crippen LogP contribution in [0.25, 0.3) is 55.7 Å². The number of nitrogens with zero attached hydrogens (tertiary/aromatic N) is 5. The average Bonchev–Trinajstić information content (AvgIpc) is 3.69. The standard InChI is InChI=1S/C37H34FN9/c1-23(13-24-7-5-4-6-8-24)43-30-16-26(20-39-22-30)27-17-32-36(45-46-37(32)42-21-27)34-19-31-33(44-34)9-10-41-35(31)25-14-28(38)18-29(15-25)40-11-12-47(2)3/h4-10,14-22,40,43-44H,1,11-13H2,2-3H3,(H,42,45,46). The molecule has 0 aliphatic carbocycles. The molecule has 0 aliphatic heterocycles. The van der Waals surface area contributed by atoms with Gasteiger partial charge in [-0.15, -0.1) is 0 Å². The first-order valence-electron chi connectivity index (χ1n) is 15.4. The molecule has 5 heterocycles. The number of hydrogen-bond acceptors (Lipinski definition) is 7. The van der Waals surface area contributed by atoms with Crippen molar-refractivity contribution in [2.45, 2.75) is 6.42 Å². The highest BCUT2D eigenvalue weighted by molar-refractivity contribution is 6.00. The Morgan fingerprint density at radius 3 is 2.55 bits per heavy atom. The lowest BCUT2D eigenvalue weighted by Gasteiger charge is -2.12. The van der Waals surface area contributed by atoms with Gasteiger partial charge in [0.2, 0.25) is 0 Å². The zero-order valence-corrected chi connectivity index (χ0v) is 26.2. The lowest BCUT2D eigenvalue weighted by molar-refractivity contribution is 0.425.